The van der Waals surface area contributed by atoms with E-state index in [2.05, 4.69) is 71.0 Å². The first-order chi connectivity index (χ1) is 18.5. The van der Waals surface area contributed by atoms with Crippen LogP contribution in [0.1, 0.15) is 63.1 Å². The van der Waals surface area contributed by atoms with Gasteiger partial charge in [0.05, 0.1) is 15.5 Å². The van der Waals surface area contributed by atoms with Crippen LogP contribution in [0.4, 0.5) is 23.1 Å². The Hall–Kier alpha value is -3.01. The van der Waals surface area contributed by atoms with Gasteiger partial charge in [0.2, 0.25) is 11.9 Å². The average Bonchev–Trinajstić information content (AvgIpc) is 3.12. The van der Waals surface area contributed by atoms with E-state index in [1.165, 1.54) is 5.56 Å². The van der Waals surface area contributed by atoms with E-state index < -0.39 is 11.0 Å². The summed E-state index contributed by atoms with van der Waals surface area (Å²) in [6, 6.07) is 14.5. The number of fused-ring (bicyclic) bond motifs is 1. The standard InChI is InChI=1S/C30H37BrN6O2/c1-29(2,39)18-37-14-12-20(13-15-37)19-8-10-22(11-9-19)34-28-33-17-23(31)26(36-28)32-16-21-6-5-7-24-25(21)30(3,4)27(38)35-24/h5-11,17,20,39H,12-16,18H2,1-4H3,(H,35,38)(H2,32,33,34,36). The fourth-order valence-electron chi connectivity index (χ4n) is 5.65. The summed E-state index contributed by atoms with van der Waals surface area (Å²) in [4.78, 5) is 23.9. The molecular formula is C30H37BrN6O2. The van der Waals surface area contributed by atoms with Gasteiger partial charge in [-0.3, -0.25) is 4.79 Å². The van der Waals surface area contributed by atoms with Crippen molar-refractivity contribution in [2.75, 3.05) is 35.6 Å². The summed E-state index contributed by atoms with van der Waals surface area (Å²) < 4.78 is 0.764. The number of aromatic nitrogens is 2. The van der Waals surface area contributed by atoms with Gasteiger partial charge in [-0.25, -0.2) is 4.98 Å². The molecule has 206 valence electrons. The van der Waals surface area contributed by atoms with Gasteiger partial charge in [0, 0.05) is 30.7 Å². The molecule has 0 atom stereocenters. The molecule has 0 bridgehead atoms. The molecule has 1 aromatic heterocycles. The molecule has 1 saturated heterocycles. The van der Waals surface area contributed by atoms with Crippen LogP contribution in [-0.2, 0) is 16.8 Å². The number of amides is 1. The van der Waals surface area contributed by atoms with Gasteiger partial charge in [-0.15, -0.1) is 0 Å². The minimum absolute atomic E-state index is 0.0156. The summed E-state index contributed by atoms with van der Waals surface area (Å²) in [5.74, 6) is 1.73. The second kappa shape index (κ2) is 10.9. The lowest BCUT2D eigenvalue weighted by Crippen LogP contribution is -2.42. The summed E-state index contributed by atoms with van der Waals surface area (Å²) in [6.45, 7) is 10.9. The van der Waals surface area contributed by atoms with Crippen molar-refractivity contribution in [1.29, 1.82) is 0 Å². The molecule has 0 saturated carbocycles. The second-order valence-electron chi connectivity index (χ2n) is 11.8. The largest absolute Gasteiger partial charge is 0.389 e. The van der Waals surface area contributed by atoms with Crippen LogP contribution in [0, 0.1) is 0 Å². The van der Waals surface area contributed by atoms with Gasteiger partial charge in [0.25, 0.3) is 0 Å². The third-order valence-electron chi connectivity index (χ3n) is 7.62. The molecule has 4 N–H and O–H groups in total. The van der Waals surface area contributed by atoms with Crippen LogP contribution < -0.4 is 16.0 Å². The van der Waals surface area contributed by atoms with E-state index in [1.807, 2.05) is 45.9 Å². The van der Waals surface area contributed by atoms with Crippen LogP contribution in [0.15, 0.2) is 53.1 Å². The van der Waals surface area contributed by atoms with Gasteiger partial charge in [-0.1, -0.05) is 24.3 Å². The molecule has 2 aromatic carbocycles. The highest BCUT2D eigenvalue weighted by Gasteiger charge is 2.39. The first kappa shape index (κ1) is 27.6. The monoisotopic (exact) mass is 592 g/mol. The Bertz CT molecular complexity index is 1340. The van der Waals surface area contributed by atoms with Gasteiger partial charge in [0.15, 0.2) is 0 Å². The fraction of sp³-hybridized carbons (Fsp3) is 0.433. The zero-order chi connectivity index (χ0) is 27.8. The van der Waals surface area contributed by atoms with E-state index in [4.69, 9.17) is 0 Å². The van der Waals surface area contributed by atoms with Crippen LogP contribution in [0.25, 0.3) is 0 Å². The number of piperidine rings is 1. The predicted octanol–water partition coefficient (Wildman–Crippen LogP) is 5.77. The van der Waals surface area contributed by atoms with Crippen LogP contribution in [0.5, 0.6) is 0 Å². The Balaban J connectivity index is 1.21. The topological polar surface area (TPSA) is 102 Å². The number of anilines is 4. The number of rotatable bonds is 8. The van der Waals surface area contributed by atoms with Gasteiger partial charge in [-0.2, -0.15) is 4.98 Å². The van der Waals surface area contributed by atoms with Crippen molar-refractivity contribution in [2.24, 2.45) is 0 Å². The number of halogens is 1. The molecule has 0 radical (unpaired) electrons. The molecule has 5 rings (SSSR count). The van der Waals surface area contributed by atoms with Crippen LogP contribution in [-0.4, -0.2) is 51.1 Å². The average molecular weight is 594 g/mol. The predicted molar refractivity (Wildman–Crippen MR) is 160 cm³/mol. The zero-order valence-electron chi connectivity index (χ0n) is 23.0. The quantitative estimate of drug-likeness (QED) is 0.263. The van der Waals surface area contributed by atoms with Crippen LogP contribution in [0.3, 0.4) is 0 Å². The van der Waals surface area contributed by atoms with E-state index in [9.17, 15) is 9.90 Å². The number of hydrogen-bond donors (Lipinski definition) is 4. The maximum atomic E-state index is 12.4. The van der Waals surface area contributed by atoms with Crippen molar-refractivity contribution in [3.05, 3.63) is 69.8 Å². The molecule has 9 heteroatoms. The SMILES string of the molecule is CC(C)(O)CN1CCC(c2ccc(Nc3ncc(Br)c(NCc4cccc5c4C(C)(C)C(=O)N5)n3)cc2)CC1. The summed E-state index contributed by atoms with van der Waals surface area (Å²) in [5.41, 5.74) is 3.99. The van der Waals surface area contributed by atoms with Gasteiger partial charge >= 0.3 is 0 Å². The lowest BCUT2D eigenvalue weighted by atomic mass is 9.83. The molecule has 0 unspecified atom stereocenters. The van der Waals surface area contributed by atoms with Crippen molar-refractivity contribution < 1.29 is 9.90 Å². The lowest BCUT2D eigenvalue weighted by Gasteiger charge is -2.35. The van der Waals surface area contributed by atoms with Gasteiger partial charge in [0.1, 0.15) is 5.82 Å². The molecule has 2 aliphatic rings. The number of nitrogens with one attached hydrogen (secondary N) is 3. The minimum Gasteiger partial charge on any atom is -0.389 e. The molecule has 2 aliphatic heterocycles. The molecule has 1 fully saturated rings. The molecule has 3 aromatic rings. The summed E-state index contributed by atoms with van der Waals surface area (Å²) >= 11 is 3.56. The highest BCUT2D eigenvalue weighted by Crippen LogP contribution is 2.40. The normalized spacial score (nSPS) is 17.5. The fourth-order valence-corrected chi connectivity index (χ4v) is 5.98. The molecule has 39 heavy (non-hydrogen) atoms. The summed E-state index contributed by atoms with van der Waals surface area (Å²) in [5, 5.41) is 19.8. The molecule has 1 amide bonds. The summed E-state index contributed by atoms with van der Waals surface area (Å²) in [7, 11) is 0. The number of hydrogen-bond acceptors (Lipinski definition) is 7. The first-order valence-electron chi connectivity index (χ1n) is 13.5. The molecular weight excluding hydrogens is 556 g/mol. The van der Waals surface area contributed by atoms with E-state index in [0.717, 1.165) is 59.5 Å². The van der Waals surface area contributed by atoms with Crippen molar-refractivity contribution in [3.63, 3.8) is 0 Å². The van der Waals surface area contributed by atoms with Crippen molar-refractivity contribution in [2.45, 2.75) is 64.0 Å². The molecule has 3 heterocycles. The van der Waals surface area contributed by atoms with Crippen molar-refractivity contribution in [1.82, 2.24) is 14.9 Å². The molecule has 8 nitrogen and oxygen atoms in total. The third-order valence-corrected chi connectivity index (χ3v) is 8.20. The molecule has 0 spiro atoms. The maximum Gasteiger partial charge on any atom is 0.234 e. The van der Waals surface area contributed by atoms with E-state index >= 15 is 0 Å². The van der Waals surface area contributed by atoms with E-state index in [0.29, 0.717) is 24.2 Å². The first-order valence-corrected chi connectivity index (χ1v) is 14.3. The second-order valence-corrected chi connectivity index (χ2v) is 12.6. The van der Waals surface area contributed by atoms with E-state index in [1.54, 1.807) is 6.20 Å². The Morgan fingerprint density at radius 1 is 1.15 bits per heavy atom. The Labute approximate surface area is 238 Å². The summed E-state index contributed by atoms with van der Waals surface area (Å²) in [6.07, 6.45) is 3.93. The highest BCUT2D eigenvalue weighted by atomic mass is 79.9. The number of benzene rings is 2. The Morgan fingerprint density at radius 3 is 2.56 bits per heavy atom. The smallest absolute Gasteiger partial charge is 0.234 e. The Kier molecular flexibility index (Phi) is 7.68. The highest BCUT2D eigenvalue weighted by molar-refractivity contribution is 9.10. The number of β-amino-alcohol motifs (C(OH)–C–C–N with tert-alkyl or cyclic N) is 1. The van der Waals surface area contributed by atoms with Crippen molar-refractivity contribution >= 4 is 45.0 Å². The number of carbonyl (C=O) groups is 1. The number of aliphatic hydroxyl groups is 1. The Morgan fingerprint density at radius 2 is 1.87 bits per heavy atom. The van der Waals surface area contributed by atoms with Crippen molar-refractivity contribution in [3.8, 4) is 0 Å². The third kappa shape index (κ3) is 6.26. The molecule has 0 aliphatic carbocycles. The van der Waals surface area contributed by atoms with Crippen LogP contribution >= 0.6 is 15.9 Å². The van der Waals surface area contributed by atoms with E-state index in [-0.39, 0.29) is 5.91 Å². The lowest BCUT2D eigenvalue weighted by molar-refractivity contribution is -0.119. The maximum absolute atomic E-state index is 12.4. The number of nitrogens with zero attached hydrogens (tertiary/aromatic N) is 3. The van der Waals surface area contributed by atoms with Gasteiger partial charge < -0.3 is 26.0 Å². The number of likely N-dealkylation sites (tertiary alicyclic amines) is 1. The van der Waals surface area contributed by atoms with Crippen LogP contribution in [0.2, 0.25) is 0 Å². The van der Waals surface area contributed by atoms with Gasteiger partial charge in [-0.05, 0) is 110 Å². The zero-order valence-corrected chi connectivity index (χ0v) is 24.6. The number of carbonyl (C=O) groups excluding carboxylic acids is 1. The minimum atomic E-state index is -0.652.